The summed E-state index contributed by atoms with van der Waals surface area (Å²) in [6.07, 6.45) is 0.662. The lowest BCUT2D eigenvalue weighted by Crippen LogP contribution is -2.38. The average molecular weight is 572 g/mol. The summed E-state index contributed by atoms with van der Waals surface area (Å²) in [5, 5.41) is 7.38. The molecule has 0 aliphatic heterocycles. The first-order chi connectivity index (χ1) is 19.1. The first kappa shape index (κ1) is 30.2. The predicted octanol–water partition coefficient (Wildman–Crippen LogP) is 3.52. The lowest BCUT2D eigenvalue weighted by Gasteiger charge is -2.24. The van der Waals surface area contributed by atoms with Gasteiger partial charge in [0, 0.05) is 19.4 Å². The molecule has 0 saturated carbocycles. The third kappa shape index (κ3) is 6.46. The Bertz CT molecular complexity index is 1500. The number of methoxy groups -OCH3 is 4. The van der Waals surface area contributed by atoms with Crippen molar-refractivity contribution >= 4 is 28.5 Å². The van der Waals surface area contributed by atoms with Crippen LogP contribution in [0.15, 0.2) is 58.2 Å². The number of para-hydroxylation sites is 1. The van der Waals surface area contributed by atoms with E-state index in [2.05, 4.69) is 36.6 Å². The van der Waals surface area contributed by atoms with Gasteiger partial charge in [0.2, 0.25) is 21.9 Å². The van der Waals surface area contributed by atoms with Crippen LogP contribution < -0.4 is 18.9 Å². The van der Waals surface area contributed by atoms with E-state index in [1.807, 2.05) is 0 Å². The van der Waals surface area contributed by atoms with Crippen molar-refractivity contribution in [3.05, 3.63) is 48.2 Å². The highest BCUT2D eigenvalue weighted by molar-refractivity contribution is 7.93. The topological polar surface area (TPSA) is 151 Å². The Kier molecular flexibility index (Phi) is 9.96. The van der Waals surface area contributed by atoms with Crippen LogP contribution in [0.5, 0.6) is 17.4 Å². The molecule has 3 rings (SSSR count). The Hall–Kier alpha value is -4.30. The van der Waals surface area contributed by atoms with E-state index in [-0.39, 0.29) is 11.8 Å². The summed E-state index contributed by atoms with van der Waals surface area (Å²) >= 11 is 0. The summed E-state index contributed by atoms with van der Waals surface area (Å²) in [7, 11) is 1.77. The molecule has 3 aromatic rings. The number of aromatic nitrogens is 4. The quantitative estimate of drug-likeness (QED) is 0.254. The van der Waals surface area contributed by atoms with Crippen molar-refractivity contribution in [2.75, 3.05) is 33.2 Å². The third-order valence-electron chi connectivity index (χ3n) is 5.99. The van der Waals surface area contributed by atoms with Gasteiger partial charge in [-0.2, -0.15) is 0 Å². The van der Waals surface area contributed by atoms with Crippen molar-refractivity contribution in [2.45, 2.75) is 32.1 Å². The van der Waals surface area contributed by atoms with Gasteiger partial charge in [0.05, 0.1) is 27.4 Å². The van der Waals surface area contributed by atoms with Gasteiger partial charge < -0.3 is 18.9 Å². The third-order valence-corrected chi connectivity index (χ3v) is 7.68. The van der Waals surface area contributed by atoms with Gasteiger partial charge in [-0.05, 0) is 51.3 Å². The molecular formula is C26H33N7O6S. The Morgan fingerprint density at radius 3 is 2.25 bits per heavy atom. The Morgan fingerprint density at radius 2 is 1.68 bits per heavy atom. The molecular weight excluding hydrogens is 538 g/mol. The zero-order valence-corrected chi connectivity index (χ0v) is 24.3. The summed E-state index contributed by atoms with van der Waals surface area (Å²) in [5.41, 5.74) is 1.30. The van der Waals surface area contributed by atoms with E-state index in [1.165, 1.54) is 46.1 Å². The minimum Gasteiger partial charge on any atom is -0.494 e. The van der Waals surface area contributed by atoms with Crippen LogP contribution in [0.25, 0.3) is 17.2 Å². The zero-order valence-electron chi connectivity index (χ0n) is 23.4. The number of aliphatic imine (C=N–C) groups is 2. The van der Waals surface area contributed by atoms with Gasteiger partial charge in [-0.1, -0.05) is 12.1 Å². The van der Waals surface area contributed by atoms with Crippen molar-refractivity contribution in [3.8, 4) is 34.6 Å². The van der Waals surface area contributed by atoms with Gasteiger partial charge in [-0.25, -0.2) is 23.4 Å². The number of nitrogens with zero attached hydrogens (tertiary/aromatic N) is 6. The Morgan fingerprint density at radius 1 is 1.02 bits per heavy atom. The smallest absolute Gasteiger partial charge is 0.243 e. The molecule has 214 valence electrons. The molecule has 0 spiro atoms. The lowest BCUT2D eigenvalue weighted by atomic mass is 10.1. The minimum atomic E-state index is -4.12. The monoisotopic (exact) mass is 571 g/mol. The molecule has 2 aromatic heterocycles. The van der Waals surface area contributed by atoms with Gasteiger partial charge in [-0.15, -0.1) is 10.2 Å². The lowest BCUT2D eigenvalue weighted by molar-refractivity contribution is 0.130. The summed E-state index contributed by atoms with van der Waals surface area (Å²) in [5.74, 6) is 1.64. The van der Waals surface area contributed by atoms with Crippen molar-refractivity contribution in [1.29, 1.82) is 0 Å². The van der Waals surface area contributed by atoms with Crippen molar-refractivity contribution in [3.63, 3.8) is 0 Å². The molecule has 0 fully saturated rings. The highest BCUT2D eigenvalue weighted by atomic mass is 32.2. The fraction of sp³-hybridized carbons (Fsp3) is 0.346. The number of hydrogen-bond donors (Lipinski definition) is 1. The second-order valence-corrected chi connectivity index (χ2v) is 10.5. The molecule has 0 aliphatic rings. The van der Waals surface area contributed by atoms with Crippen molar-refractivity contribution < 1.29 is 27.4 Å². The molecule has 0 unspecified atom stereocenters. The van der Waals surface area contributed by atoms with Crippen LogP contribution in [-0.4, -0.2) is 80.5 Å². The normalized spacial score (nSPS) is 13.9. The van der Waals surface area contributed by atoms with Crippen LogP contribution in [0.4, 0.5) is 5.95 Å². The fourth-order valence-electron chi connectivity index (χ4n) is 3.87. The molecule has 1 N–H and O–H groups in total. The number of amidine groups is 1. The van der Waals surface area contributed by atoms with E-state index in [4.69, 9.17) is 18.9 Å². The number of anilines is 1. The van der Waals surface area contributed by atoms with Crippen molar-refractivity contribution in [2.24, 2.45) is 9.98 Å². The first-order valence-corrected chi connectivity index (χ1v) is 13.6. The predicted molar refractivity (Wildman–Crippen MR) is 153 cm³/mol. The molecule has 1 aromatic carbocycles. The molecule has 0 bridgehead atoms. The molecule has 14 heteroatoms. The van der Waals surface area contributed by atoms with Gasteiger partial charge in [0.25, 0.3) is 0 Å². The second kappa shape index (κ2) is 13.2. The summed E-state index contributed by atoms with van der Waals surface area (Å²) in [6.45, 7) is 8.34. The van der Waals surface area contributed by atoms with Gasteiger partial charge in [0.1, 0.15) is 34.0 Å². The standard InChI is InChI=1S/C26H33N7O6S/c1-16(15-28-18(3)27-4)24(39-8)17(2)40(34,35)32-26-31-30-25(19-11-9-14-22(29-19)38-7)33(26)23-20(36-5)12-10-13-21(23)37-6/h9-15,17,24H,4H2,1-3,5-8H3,(H,31,32)/b16-15+,28-18-/t17-,24+/m1/s1. The summed E-state index contributed by atoms with van der Waals surface area (Å²) < 4.78 is 53.4. The van der Waals surface area contributed by atoms with Crippen LogP contribution in [0.2, 0.25) is 0 Å². The Labute approximate surface area is 233 Å². The number of rotatable bonds is 12. The summed E-state index contributed by atoms with van der Waals surface area (Å²) in [6, 6.07) is 10.3. The van der Waals surface area contributed by atoms with Crippen LogP contribution in [-0.2, 0) is 14.8 Å². The number of nitrogens with one attached hydrogen (secondary N) is 1. The molecule has 2 atom stereocenters. The maximum atomic E-state index is 13.7. The van der Waals surface area contributed by atoms with Gasteiger partial charge in [-0.3, -0.25) is 9.29 Å². The number of ether oxygens (including phenoxy) is 4. The van der Waals surface area contributed by atoms with Crippen LogP contribution in [0.1, 0.15) is 20.8 Å². The molecule has 2 heterocycles. The number of sulfonamides is 1. The largest absolute Gasteiger partial charge is 0.494 e. The van der Waals surface area contributed by atoms with E-state index < -0.39 is 21.4 Å². The second-order valence-electron chi connectivity index (χ2n) is 8.47. The van der Waals surface area contributed by atoms with Crippen LogP contribution >= 0.6 is 0 Å². The minimum absolute atomic E-state index is 0.115. The average Bonchev–Trinajstić information content (AvgIpc) is 3.37. The van der Waals surface area contributed by atoms with E-state index >= 15 is 0 Å². The number of benzene rings is 1. The SMILES string of the molecule is C=N/C(C)=N\C=C(/C)[C@H](OC)[C@@H](C)S(=O)(=O)Nc1nnc(-c2cccc(OC)n2)n1-c1c(OC)cccc1OC. The molecule has 0 aliphatic carbocycles. The van der Waals surface area contributed by atoms with Crippen molar-refractivity contribution in [1.82, 2.24) is 19.7 Å². The maximum Gasteiger partial charge on any atom is 0.243 e. The molecule has 13 nitrogen and oxygen atoms in total. The molecule has 0 amide bonds. The van der Waals surface area contributed by atoms with E-state index in [0.29, 0.717) is 40.2 Å². The first-order valence-electron chi connectivity index (χ1n) is 12.0. The fourth-order valence-corrected chi connectivity index (χ4v) is 5.10. The zero-order chi connectivity index (χ0) is 29.4. The molecule has 40 heavy (non-hydrogen) atoms. The van der Waals surface area contributed by atoms with Crippen LogP contribution in [0, 0.1) is 0 Å². The van der Waals surface area contributed by atoms with E-state index in [1.54, 1.807) is 50.2 Å². The highest BCUT2D eigenvalue weighted by Gasteiger charge is 2.33. The summed E-state index contributed by atoms with van der Waals surface area (Å²) in [4.78, 5) is 12.3. The van der Waals surface area contributed by atoms with Crippen LogP contribution in [0.3, 0.4) is 0 Å². The van der Waals surface area contributed by atoms with E-state index in [0.717, 1.165) is 0 Å². The highest BCUT2D eigenvalue weighted by Crippen LogP contribution is 2.37. The molecule has 0 radical (unpaired) electrons. The Balaban J connectivity index is 2.17. The van der Waals surface area contributed by atoms with Gasteiger partial charge in [0.15, 0.2) is 5.82 Å². The maximum absolute atomic E-state index is 13.7. The number of pyridine rings is 1. The number of hydrogen-bond acceptors (Lipinski definition) is 10. The van der Waals surface area contributed by atoms with Gasteiger partial charge >= 0.3 is 0 Å². The molecule has 0 saturated heterocycles. The van der Waals surface area contributed by atoms with E-state index in [9.17, 15) is 8.42 Å².